The van der Waals surface area contributed by atoms with Crippen molar-refractivity contribution in [2.75, 3.05) is 4.90 Å². The van der Waals surface area contributed by atoms with E-state index in [1.807, 2.05) is 20.8 Å². The summed E-state index contributed by atoms with van der Waals surface area (Å²) in [6.07, 6.45) is 0.728. The van der Waals surface area contributed by atoms with Crippen LogP contribution in [-0.2, 0) is 21.4 Å². The zero-order valence-electron chi connectivity index (χ0n) is 15.4. The number of ketones is 1. The van der Waals surface area contributed by atoms with Gasteiger partial charge in [-0.2, -0.15) is 0 Å². The molecule has 1 fully saturated rings. The number of halogens is 1. The lowest BCUT2D eigenvalue weighted by atomic mass is 9.92. The second kappa shape index (κ2) is 6.63. The van der Waals surface area contributed by atoms with Gasteiger partial charge in [0.2, 0.25) is 5.91 Å². The van der Waals surface area contributed by atoms with Gasteiger partial charge in [0.05, 0.1) is 23.9 Å². The van der Waals surface area contributed by atoms with Gasteiger partial charge in [-0.05, 0) is 25.5 Å². The van der Waals surface area contributed by atoms with E-state index in [1.165, 1.54) is 24.0 Å². The largest absolute Gasteiger partial charge is 0.361 e. The number of aryl methyl sites for hydroxylation is 1. The molecule has 0 radical (unpaired) electrons. The van der Waals surface area contributed by atoms with E-state index in [0.717, 1.165) is 5.69 Å². The van der Waals surface area contributed by atoms with E-state index in [2.05, 4.69) is 10.1 Å². The Morgan fingerprint density at radius 1 is 1.38 bits per heavy atom. The zero-order valence-corrected chi connectivity index (χ0v) is 15.4. The van der Waals surface area contributed by atoms with Crippen LogP contribution < -0.4 is 4.90 Å². The fraction of sp³-hybridized carbons (Fsp3) is 0.474. The summed E-state index contributed by atoms with van der Waals surface area (Å²) < 4.78 is 18.8. The zero-order chi connectivity index (χ0) is 19.1. The van der Waals surface area contributed by atoms with Gasteiger partial charge in [-0.1, -0.05) is 25.9 Å². The van der Waals surface area contributed by atoms with Crippen LogP contribution >= 0.6 is 0 Å². The third kappa shape index (κ3) is 3.52. The van der Waals surface area contributed by atoms with Crippen LogP contribution in [0.25, 0.3) is 0 Å². The molecule has 0 unspecified atom stereocenters. The molecule has 1 saturated heterocycles. The molecule has 0 N–H and O–H groups in total. The maximum Gasteiger partial charge on any atom is 0.228 e. The SMILES string of the molecule is Cc1nc(N2C(=O)CC[C@H]2C(=O)Cc2cc(C(C)(C)C)no2)ccc1F. The number of hydrogen-bond acceptors (Lipinski definition) is 5. The summed E-state index contributed by atoms with van der Waals surface area (Å²) in [6, 6.07) is 3.84. The summed E-state index contributed by atoms with van der Waals surface area (Å²) >= 11 is 0. The number of Topliss-reactive ketones (excluding diaryl/α,β-unsaturated/α-hetero) is 1. The molecule has 1 aliphatic heterocycles. The molecule has 2 aromatic rings. The highest BCUT2D eigenvalue weighted by atomic mass is 19.1. The molecule has 0 aliphatic carbocycles. The molecular weight excluding hydrogens is 337 g/mol. The summed E-state index contributed by atoms with van der Waals surface area (Å²) in [6.45, 7) is 7.56. The molecule has 1 aliphatic rings. The second-order valence-electron chi connectivity index (χ2n) is 7.63. The van der Waals surface area contributed by atoms with Crippen LogP contribution in [-0.4, -0.2) is 27.9 Å². The summed E-state index contributed by atoms with van der Waals surface area (Å²) in [4.78, 5) is 30.5. The molecule has 0 saturated carbocycles. The van der Waals surface area contributed by atoms with E-state index < -0.39 is 11.9 Å². The number of amides is 1. The van der Waals surface area contributed by atoms with Crippen molar-refractivity contribution in [2.45, 2.75) is 58.4 Å². The number of carbonyl (C=O) groups is 2. The minimum absolute atomic E-state index is 0.0533. The molecule has 3 rings (SSSR count). The van der Waals surface area contributed by atoms with E-state index in [1.54, 1.807) is 6.07 Å². The van der Waals surface area contributed by atoms with Crippen molar-refractivity contribution in [3.63, 3.8) is 0 Å². The van der Waals surface area contributed by atoms with Gasteiger partial charge >= 0.3 is 0 Å². The standard InChI is InChI=1S/C19H22FN3O3/c1-11-13(20)5-7-17(21-11)23-14(6-8-18(23)25)15(24)9-12-10-16(22-26-12)19(2,3)4/h5,7,10,14H,6,8-9H2,1-4H3/t14-/m0/s1. The molecule has 0 aromatic carbocycles. The van der Waals surface area contributed by atoms with E-state index in [0.29, 0.717) is 18.0 Å². The maximum atomic E-state index is 13.5. The first-order chi connectivity index (χ1) is 12.2. The molecule has 0 bridgehead atoms. The summed E-state index contributed by atoms with van der Waals surface area (Å²) in [5.74, 6) is 0.00542. The van der Waals surface area contributed by atoms with Gasteiger partial charge in [-0.25, -0.2) is 9.37 Å². The van der Waals surface area contributed by atoms with Crippen LogP contribution in [0, 0.1) is 12.7 Å². The number of rotatable bonds is 4. The van der Waals surface area contributed by atoms with Crippen LogP contribution in [0.15, 0.2) is 22.7 Å². The molecule has 2 aromatic heterocycles. The van der Waals surface area contributed by atoms with Crippen molar-refractivity contribution in [3.8, 4) is 0 Å². The van der Waals surface area contributed by atoms with Gasteiger partial charge in [-0.15, -0.1) is 0 Å². The molecule has 1 atom stereocenters. The van der Waals surface area contributed by atoms with Gasteiger partial charge in [0.1, 0.15) is 17.4 Å². The Labute approximate surface area is 151 Å². The minimum atomic E-state index is -0.622. The topological polar surface area (TPSA) is 76.3 Å². The van der Waals surface area contributed by atoms with Gasteiger partial charge in [0, 0.05) is 17.9 Å². The highest BCUT2D eigenvalue weighted by Gasteiger charge is 2.38. The van der Waals surface area contributed by atoms with Crippen molar-refractivity contribution in [1.29, 1.82) is 0 Å². The number of anilines is 1. The third-order valence-electron chi connectivity index (χ3n) is 4.51. The van der Waals surface area contributed by atoms with Crippen molar-refractivity contribution in [3.05, 3.63) is 41.2 Å². The minimum Gasteiger partial charge on any atom is -0.361 e. The van der Waals surface area contributed by atoms with Crippen LogP contribution in [0.1, 0.15) is 50.8 Å². The number of hydrogen-bond donors (Lipinski definition) is 0. The number of carbonyl (C=O) groups excluding carboxylic acids is 2. The highest BCUT2D eigenvalue weighted by molar-refractivity contribution is 6.04. The summed E-state index contributed by atoms with van der Waals surface area (Å²) in [5.41, 5.74) is 0.796. The normalized spacial score (nSPS) is 17.8. The molecular formula is C19H22FN3O3. The maximum absolute atomic E-state index is 13.5. The Balaban J connectivity index is 1.80. The number of aromatic nitrogens is 2. The van der Waals surface area contributed by atoms with Gasteiger partial charge in [0.15, 0.2) is 5.78 Å². The van der Waals surface area contributed by atoms with Gasteiger partial charge in [0.25, 0.3) is 0 Å². The van der Waals surface area contributed by atoms with E-state index in [4.69, 9.17) is 4.52 Å². The quantitative estimate of drug-likeness (QED) is 0.838. The molecule has 3 heterocycles. The second-order valence-corrected chi connectivity index (χ2v) is 7.63. The molecule has 1 amide bonds. The Morgan fingerprint density at radius 2 is 2.12 bits per heavy atom. The average Bonchev–Trinajstić information content (AvgIpc) is 3.16. The van der Waals surface area contributed by atoms with E-state index in [-0.39, 0.29) is 35.6 Å². The molecule has 0 spiro atoms. The fourth-order valence-electron chi connectivity index (χ4n) is 2.98. The first kappa shape index (κ1) is 18.2. The van der Waals surface area contributed by atoms with Crippen LogP contribution in [0.3, 0.4) is 0 Å². The van der Waals surface area contributed by atoms with Gasteiger partial charge in [-0.3, -0.25) is 14.5 Å². The van der Waals surface area contributed by atoms with Crippen molar-refractivity contribution < 1.29 is 18.5 Å². The fourth-order valence-corrected chi connectivity index (χ4v) is 2.98. The summed E-state index contributed by atoms with van der Waals surface area (Å²) in [5, 5.41) is 4.02. The first-order valence-corrected chi connectivity index (χ1v) is 8.61. The molecule has 6 nitrogen and oxygen atoms in total. The predicted molar refractivity (Wildman–Crippen MR) is 93.4 cm³/mol. The van der Waals surface area contributed by atoms with Crippen LogP contribution in [0.5, 0.6) is 0 Å². The average molecular weight is 359 g/mol. The Morgan fingerprint density at radius 3 is 2.73 bits per heavy atom. The van der Waals surface area contributed by atoms with E-state index >= 15 is 0 Å². The van der Waals surface area contributed by atoms with Crippen molar-refractivity contribution in [2.24, 2.45) is 0 Å². The van der Waals surface area contributed by atoms with Gasteiger partial charge < -0.3 is 4.52 Å². The third-order valence-corrected chi connectivity index (χ3v) is 4.51. The summed E-state index contributed by atoms with van der Waals surface area (Å²) in [7, 11) is 0. The lowest BCUT2D eigenvalue weighted by molar-refractivity contribution is -0.122. The molecule has 7 heteroatoms. The van der Waals surface area contributed by atoms with E-state index in [9.17, 15) is 14.0 Å². The molecule has 26 heavy (non-hydrogen) atoms. The lowest BCUT2D eigenvalue weighted by Crippen LogP contribution is -2.40. The number of pyridine rings is 1. The van der Waals surface area contributed by atoms with Crippen molar-refractivity contribution >= 4 is 17.5 Å². The Bertz CT molecular complexity index is 854. The Kier molecular flexibility index (Phi) is 4.64. The molecule has 138 valence electrons. The first-order valence-electron chi connectivity index (χ1n) is 8.61. The number of nitrogens with zero attached hydrogens (tertiary/aromatic N) is 3. The Hall–Kier alpha value is -2.57. The monoisotopic (exact) mass is 359 g/mol. The smallest absolute Gasteiger partial charge is 0.228 e. The van der Waals surface area contributed by atoms with Crippen molar-refractivity contribution in [1.82, 2.24) is 10.1 Å². The lowest BCUT2D eigenvalue weighted by Gasteiger charge is -2.23. The van der Waals surface area contributed by atoms with Crippen LogP contribution in [0.4, 0.5) is 10.2 Å². The highest BCUT2D eigenvalue weighted by Crippen LogP contribution is 2.28. The predicted octanol–water partition coefficient (Wildman–Crippen LogP) is 3.12. The van der Waals surface area contributed by atoms with Crippen LogP contribution in [0.2, 0.25) is 0 Å².